The van der Waals surface area contributed by atoms with Gasteiger partial charge in [0.25, 0.3) is 5.56 Å². The first-order chi connectivity index (χ1) is 10.1. The molecule has 1 saturated carbocycles. The summed E-state index contributed by atoms with van der Waals surface area (Å²) in [4.78, 5) is 19.1. The maximum Gasteiger partial charge on any atom is 0.258 e. The summed E-state index contributed by atoms with van der Waals surface area (Å²) in [6.07, 6.45) is 3.96. The lowest BCUT2D eigenvalue weighted by Crippen LogP contribution is -2.17. The Morgan fingerprint density at radius 1 is 1.33 bits per heavy atom. The molecule has 4 nitrogen and oxygen atoms in total. The van der Waals surface area contributed by atoms with Crippen molar-refractivity contribution >= 4 is 0 Å². The molecule has 1 aromatic heterocycles. The normalized spacial score (nSPS) is 15.5. The van der Waals surface area contributed by atoms with Crippen molar-refractivity contribution in [1.29, 1.82) is 0 Å². The minimum Gasteiger partial charge on any atom is -0.493 e. The molecule has 0 saturated heterocycles. The number of hydrogen-bond donors (Lipinski definition) is 2. The molecule has 1 aliphatic carbocycles. The molecule has 5 heteroatoms. The molecule has 1 aromatic carbocycles. The number of aromatic amines is 1. The van der Waals surface area contributed by atoms with Crippen LogP contribution in [0.2, 0.25) is 0 Å². The highest BCUT2D eigenvalue weighted by atomic mass is 19.1. The fourth-order valence-corrected chi connectivity index (χ4v) is 3.07. The van der Waals surface area contributed by atoms with Crippen LogP contribution in [-0.4, -0.2) is 15.1 Å². The zero-order valence-corrected chi connectivity index (χ0v) is 11.8. The van der Waals surface area contributed by atoms with Crippen LogP contribution in [0.25, 0.3) is 11.4 Å². The van der Waals surface area contributed by atoms with Gasteiger partial charge in [0.2, 0.25) is 5.88 Å². The Balaban J connectivity index is 2.07. The molecule has 0 bridgehead atoms. The van der Waals surface area contributed by atoms with Gasteiger partial charge in [-0.15, -0.1) is 0 Å². The summed E-state index contributed by atoms with van der Waals surface area (Å²) < 4.78 is 13.1. The van der Waals surface area contributed by atoms with Crippen molar-refractivity contribution < 1.29 is 9.50 Å². The number of rotatable bonds is 2. The molecule has 0 spiro atoms. The summed E-state index contributed by atoms with van der Waals surface area (Å²) >= 11 is 0. The number of aromatic hydroxyl groups is 1. The first-order valence-electron chi connectivity index (χ1n) is 7.16. The SMILES string of the molecule is Cc1cc(F)ccc1-c1nc(O)c(C2CCCC2)c(=O)[nH]1. The van der Waals surface area contributed by atoms with Gasteiger partial charge in [-0.1, -0.05) is 12.8 Å². The summed E-state index contributed by atoms with van der Waals surface area (Å²) in [5.74, 6) is -0.184. The van der Waals surface area contributed by atoms with Gasteiger partial charge >= 0.3 is 0 Å². The van der Waals surface area contributed by atoms with E-state index in [0.717, 1.165) is 25.7 Å². The Hall–Kier alpha value is -2.17. The molecule has 0 aliphatic heterocycles. The average molecular weight is 288 g/mol. The fraction of sp³-hybridized carbons (Fsp3) is 0.375. The first kappa shape index (κ1) is 13.8. The van der Waals surface area contributed by atoms with Gasteiger partial charge in [0.15, 0.2) is 0 Å². The van der Waals surface area contributed by atoms with Gasteiger partial charge in [-0.05, 0) is 49.4 Å². The van der Waals surface area contributed by atoms with Crippen LogP contribution < -0.4 is 5.56 Å². The standard InChI is InChI=1S/C16H17FN2O2/c1-9-8-11(17)6-7-12(9)14-18-15(20)13(16(21)19-14)10-4-2-3-5-10/h6-8,10H,2-5H2,1H3,(H2,18,19,20,21). The van der Waals surface area contributed by atoms with E-state index in [4.69, 9.17) is 0 Å². The molecular formula is C16H17FN2O2. The summed E-state index contributed by atoms with van der Waals surface area (Å²) in [7, 11) is 0. The van der Waals surface area contributed by atoms with E-state index in [1.165, 1.54) is 12.1 Å². The topological polar surface area (TPSA) is 66.0 Å². The molecule has 21 heavy (non-hydrogen) atoms. The number of aryl methyl sites for hydroxylation is 1. The number of H-pyrrole nitrogens is 1. The number of hydrogen-bond acceptors (Lipinski definition) is 3. The predicted octanol–water partition coefficient (Wildman–Crippen LogP) is 3.25. The van der Waals surface area contributed by atoms with Crippen LogP contribution in [0.15, 0.2) is 23.0 Å². The summed E-state index contributed by atoms with van der Waals surface area (Å²) in [6, 6.07) is 4.24. The number of nitrogens with one attached hydrogen (secondary N) is 1. The predicted molar refractivity (Wildman–Crippen MR) is 77.9 cm³/mol. The van der Waals surface area contributed by atoms with E-state index in [-0.39, 0.29) is 29.0 Å². The highest BCUT2D eigenvalue weighted by Gasteiger charge is 2.25. The van der Waals surface area contributed by atoms with E-state index >= 15 is 0 Å². The molecule has 1 fully saturated rings. The second kappa shape index (κ2) is 5.31. The van der Waals surface area contributed by atoms with Crippen molar-refractivity contribution in [3.8, 4) is 17.3 Å². The Morgan fingerprint density at radius 2 is 2.05 bits per heavy atom. The van der Waals surface area contributed by atoms with Gasteiger partial charge in [0.05, 0.1) is 5.56 Å². The van der Waals surface area contributed by atoms with Crippen LogP contribution in [-0.2, 0) is 0 Å². The van der Waals surface area contributed by atoms with Crippen LogP contribution in [0.3, 0.4) is 0 Å². The van der Waals surface area contributed by atoms with E-state index in [1.807, 2.05) is 0 Å². The van der Waals surface area contributed by atoms with Gasteiger partial charge in [-0.25, -0.2) is 4.39 Å². The van der Waals surface area contributed by atoms with Crippen LogP contribution in [0.1, 0.15) is 42.7 Å². The molecule has 2 aromatic rings. The summed E-state index contributed by atoms with van der Waals surface area (Å²) in [6.45, 7) is 1.74. The highest BCUT2D eigenvalue weighted by Crippen LogP contribution is 2.36. The van der Waals surface area contributed by atoms with Gasteiger partial charge < -0.3 is 10.1 Å². The van der Waals surface area contributed by atoms with E-state index in [2.05, 4.69) is 9.97 Å². The van der Waals surface area contributed by atoms with Gasteiger partial charge in [0, 0.05) is 5.56 Å². The van der Waals surface area contributed by atoms with Crippen LogP contribution in [0.4, 0.5) is 4.39 Å². The first-order valence-corrected chi connectivity index (χ1v) is 7.16. The molecule has 1 heterocycles. The third-order valence-corrected chi connectivity index (χ3v) is 4.14. The molecule has 0 unspecified atom stereocenters. The second-order valence-corrected chi connectivity index (χ2v) is 5.59. The van der Waals surface area contributed by atoms with E-state index < -0.39 is 0 Å². The monoisotopic (exact) mass is 288 g/mol. The van der Waals surface area contributed by atoms with Crippen LogP contribution in [0, 0.1) is 12.7 Å². The Morgan fingerprint density at radius 3 is 2.67 bits per heavy atom. The second-order valence-electron chi connectivity index (χ2n) is 5.59. The van der Waals surface area contributed by atoms with Crippen molar-refractivity contribution in [2.24, 2.45) is 0 Å². The molecule has 3 rings (SSSR count). The van der Waals surface area contributed by atoms with E-state index in [1.54, 1.807) is 13.0 Å². The van der Waals surface area contributed by atoms with Crippen LogP contribution in [0.5, 0.6) is 5.88 Å². The van der Waals surface area contributed by atoms with Gasteiger partial charge in [-0.2, -0.15) is 4.98 Å². The number of benzene rings is 1. The van der Waals surface area contributed by atoms with Gasteiger partial charge in [-0.3, -0.25) is 4.79 Å². The smallest absolute Gasteiger partial charge is 0.258 e. The van der Waals surface area contributed by atoms with Crippen LogP contribution >= 0.6 is 0 Å². The Bertz CT molecular complexity index is 734. The molecule has 2 N–H and O–H groups in total. The summed E-state index contributed by atoms with van der Waals surface area (Å²) in [5.41, 5.74) is 1.36. The summed E-state index contributed by atoms with van der Waals surface area (Å²) in [5, 5.41) is 10.1. The molecule has 1 aliphatic rings. The zero-order valence-electron chi connectivity index (χ0n) is 11.8. The minimum atomic E-state index is -0.342. The minimum absolute atomic E-state index is 0.0876. The molecular weight excluding hydrogens is 271 g/mol. The van der Waals surface area contributed by atoms with E-state index in [0.29, 0.717) is 16.7 Å². The lowest BCUT2D eigenvalue weighted by molar-refractivity contribution is 0.436. The Kier molecular flexibility index (Phi) is 3.49. The molecule has 110 valence electrons. The van der Waals surface area contributed by atoms with Crippen molar-refractivity contribution in [2.75, 3.05) is 0 Å². The van der Waals surface area contributed by atoms with Crippen molar-refractivity contribution in [3.05, 3.63) is 45.5 Å². The number of aromatic nitrogens is 2. The largest absolute Gasteiger partial charge is 0.493 e. The maximum atomic E-state index is 13.1. The van der Waals surface area contributed by atoms with Crippen molar-refractivity contribution in [2.45, 2.75) is 38.5 Å². The zero-order chi connectivity index (χ0) is 15.0. The quantitative estimate of drug-likeness (QED) is 0.891. The third-order valence-electron chi connectivity index (χ3n) is 4.14. The maximum absolute atomic E-state index is 13.1. The molecule has 0 amide bonds. The molecule has 0 radical (unpaired) electrons. The van der Waals surface area contributed by atoms with E-state index in [9.17, 15) is 14.3 Å². The lowest BCUT2D eigenvalue weighted by atomic mass is 9.99. The lowest BCUT2D eigenvalue weighted by Gasteiger charge is -2.12. The molecule has 0 atom stereocenters. The average Bonchev–Trinajstić information content (AvgIpc) is 2.91. The van der Waals surface area contributed by atoms with Gasteiger partial charge in [0.1, 0.15) is 11.6 Å². The highest BCUT2D eigenvalue weighted by molar-refractivity contribution is 5.60. The Labute approximate surface area is 121 Å². The third kappa shape index (κ3) is 2.55. The number of halogens is 1. The fourth-order valence-electron chi connectivity index (χ4n) is 3.07. The van der Waals surface area contributed by atoms with Crippen molar-refractivity contribution in [1.82, 2.24) is 9.97 Å². The van der Waals surface area contributed by atoms with Crippen molar-refractivity contribution in [3.63, 3.8) is 0 Å². The number of nitrogens with zero attached hydrogens (tertiary/aromatic N) is 1.